The van der Waals surface area contributed by atoms with Crippen molar-refractivity contribution in [3.05, 3.63) is 59.4 Å². The van der Waals surface area contributed by atoms with Crippen LogP contribution in [0.1, 0.15) is 22.8 Å². The largest absolute Gasteiger partial charge is 0.416 e. The van der Waals surface area contributed by atoms with Gasteiger partial charge in [-0.15, -0.1) is 0 Å². The third kappa shape index (κ3) is 4.58. The number of hydrogen-bond donors (Lipinski definition) is 2. The fourth-order valence-electron chi connectivity index (χ4n) is 2.09. The summed E-state index contributed by atoms with van der Waals surface area (Å²) in [6.45, 7) is 1.63. The first-order valence-electron chi connectivity index (χ1n) is 7.32. The van der Waals surface area contributed by atoms with Crippen LogP contribution in [0, 0.1) is 5.82 Å². The van der Waals surface area contributed by atoms with Crippen LogP contribution in [-0.2, 0) is 16.2 Å². The van der Waals surface area contributed by atoms with Crippen LogP contribution in [-0.4, -0.2) is 20.9 Å². The van der Waals surface area contributed by atoms with Crippen molar-refractivity contribution < 1.29 is 30.8 Å². The van der Waals surface area contributed by atoms with Crippen molar-refractivity contribution >= 4 is 21.6 Å². The second-order valence-corrected chi connectivity index (χ2v) is 6.94. The maximum atomic E-state index is 13.9. The average molecular weight is 390 g/mol. The van der Waals surface area contributed by atoms with E-state index in [9.17, 15) is 30.8 Å². The fourth-order valence-corrected chi connectivity index (χ4v) is 3.16. The average Bonchev–Trinajstić information content (AvgIpc) is 2.54. The zero-order chi connectivity index (χ0) is 19.5. The molecular weight excluding hydrogens is 376 g/mol. The summed E-state index contributed by atoms with van der Waals surface area (Å²) in [5, 5.41) is 2.13. The lowest BCUT2D eigenvalue weighted by atomic mass is 10.1. The van der Waals surface area contributed by atoms with Gasteiger partial charge in [0, 0.05) is 12.2 Å². The summed E-state index contributed by atoms with van der Waals surface area (Å²) in [6.07, 6.45) is -4.61. The third-order valence-corrected chi connectivity index (χ3v) is 4.82. The Bertz CT molecular complexity index is 927. The topological polar surface area (TPSA) is 75.3 Å². The smallest absolute Gasteiger partial charge is 0.322 e. The van der Waals surface area contributed by atoms with Crippen molar-refractivity contribution in [3.8, 4) is 0 Å². The number of alkyl halides is 3. The summed E-state index contributed by atoms with van der Waals surface area (Å²) in [7, 11) is -3.93. The third-order valence-electron chi connectivity index (χ3n) is 3.27. The number of halogens is 4. The maximum Gasteiger partial charge on any atom is 0.416 e. The number of carbonyl (C=O) groups excluding carboxylic acids is 1. The lowest BCUT2D eigenvalue weighted by Crippen LogP contribution is -2.24. The van der Waals surface area contributed by atoms with E-state index in [2.05, 4.69) is 10.0 Å². The summed E-state index contributed by atoms with van der Waals surface area (Å²) >= 11 is 0. The highest BCUT2D eigenvalue weighted by molar-refractivity contribution is 7.89. The quantitative estimate of drug-likeness (QED) is 0.769. The monoisotopic (exact) mass is 390 g/mol. The molecule has 0 saturated carbocycles. The van der Waals surface area contributed by atoms with Crippen molar-refractivity contribution in [3.63, 3.8) is 0 Å². The molecule has 0 fully saturated rings. The molecule has 0 spiro atoms. The summed E-state index contributed by atoms with van der Waals surface area (Å²) in [5.41, 5.74) is -1.80. The molecule has 26 heavy (non-hydrogen) atoms. The van der Waals surface area contributed by atoms with E-state index < -0.39 is 39.1 Å². The molecule has 0 radical (unpaired) electrons. The Morgan fingerprint density at radius 2 is 1.81 bits per heavy atom. The van der Waals surface area contributed by atoms with Crippen molar-refractivity contribution in [1.29, 1.82) is 0 Å². The number of carbonyl (C=O) groups is 1. The number of nitrogens with one attached hydrogen (secondary N) is 2. The standard InChI is InChI=1S/C16H14F4N2O3S/c1-2-21-26(24,25)12-6-7-14(17)13(9-12)15(23)22-11-5-3-4-10(8-11)16(18,19)20/h3-9,21H,2H2,1H3,(H,22,23). The van der Waals surface area contributed by atoms with Gasteiger partial charge in [-0.1, -0.05) is 13.0 Å². The zero-order valence-corrected chi connectivity index (χ0v) is 14.2. The van der Waals surface area contributed by atoms with Crippen LogP contribution in [0.5, 0.6) is 0 Å². The number of sulfonamides is 1. The van der Waals surface area contributed by atoms with Crippen LogP contribution in [0.15, 0.2) is 47.4 Å². The molecule has 2 rings (SSSR count). The van der Waals surface area contributed by atoms with Crippen molar-refractivity contribution in [2.75, 3.05) is 11.9 Å². The molecule has 0 aliphatic rings. The van der Waals surface area contributed by atoms with Crippen LogP contribution in [0.2, 0.25) is 0 Å². The molecular formula is C16H14F4N2O3S. The van der Waals surface area contributed by atoms with Crippen LogP contribution in [0.25, 0.3) is 0 Å². The van der Waals surface area contributed by atoms with Gasteiger partial charge >= 0.3 is 6.18 Å². The Morgan fingerprint density at radius 1 is 1.12 bits per heavy atom. The Kier molecular flexibility index (Phi) is 5.67. The van der Waals surface area contributed by atoms with Gasteiger partial charge in [0.25, 0.3) is 5.91 Å². The van der Waals surface area contributed by atoms with Gasteiger partial charge in [0.1, 0.15) is 5.82 Å². The van der Waals surface area contributed by atoms with Gasteiger partial charge in [0.15, 0.2) is 0 Å². The van der Waals surface area contributed by atoms with Gasteiger partial charge in [-0.25, -0.2) is 17.5 Å². The van der Waals surface area contributed by atoms with E-state index in [1.165, 1.54) is 6.07 Å². The molecule has 5 nitrogen and oxygen atoms in total. The van der Waals surface area contributed by atoms with Crippen LogP contribution >= 0.6 is 0 Å². The molecule has 2 N–H and O–H groups in total. The van der Waals surface area contributed by atoms with E-state index in [0.29, 0.717) is 6.07 Å². The fraction of sp³-hybridized carbons (Fsp3) is 0.188. The molecule has 0 aliphatic heterocycles. The van der Waals surface area contributed by atoms with Crippen molar-refractivity contribution in [2.24, 2.45) is 0 Å². The Balaban J connectivity index is 2.33. The Hall–Kier alpha value is -2.46. The Morgan fingerprint density at radius 3 is 2.42 bits per heavy atom. The minimum Gasteiger partial charge on any atom is -0.322 e. The molecule has 140 valence electrons. The highest BCUT2D eigenvalue weighted by Gasteiger charge is 2.30. The second-order valence-electron chi connectivity index (χ2n) is 5.18. The first kappa shape index (κ1) is 19.9. The van der Waals surface area contributed by atoms with Crippen molar-refractivity contribution in [2.45, 2.75) is 18.0 Å². The van der Waals surface area contributed by atoms with Gasteiger partial charge in [-0.3, -0.25) is 4.79 Å². The molecule has 0 bridgehead atoms. The molecule has 0 heterocycles. The molecule has 2 aromatic carbocycles. The highest BCUT2D eigenvalue weighted by atomic mass is 32.2. The summed E-state index contributed by atoms with van der Waals surface area (Å²) in [6, 6.07) is 6.38. The van der Waals surface area contributed by atoms with E-state index in [0.717, 1.165) is 30.3 Å². The lowest BCUT2D eigenvalue weighted by Gasteiger charge is -2.11. The molecule has 0 unspecified atom stereocenters. The van der Waals surface area contributed by atoms with Crippen LogP contribution in [0.4, 0.5) is 23.2 Å². The number of benzene rings is 2. The van der Waals surface area contributed by atoms with Gasteiger partial charge in [0.2, 0.25) is 10.0 Å². The molecule has 0 aromatic heterocycles. The van der Waals surface area contributed by atoms with Gasteiger partial charge in [-0.05, 0) is 36.4 Å². The maximum absolute atomic E-state index is 13.9. The molecule has 1 amide bonds. The first-order chi connectivity index (χ1) is 12.0. The van der Waals surface area contributed by atoms with Gasteiger partial charge in [-0.2, -0.15) is 13.2 Å². The SMILES string of the molecule is CCNS(=O)(=O)c1ccc(F)c(C(=O)Nc2cccc(C(F)(F)F)c2)c1. The predicted molar refractivity (Wildman–Crippen MR) is 86.7 cm³/mol. The second kappa shape index (κ2) is 7.42. The van der Waals surface area contributed by atoms with Gasteiger partial charge < -0.3 is 5.32 Å². The molecule has 0 atom stereocenters. The van der Waals surface area contributed by atoms with E-state index in [1.54, 1.807) is 6.92 Å². The zero-order valence-electron chi connectivity index (χ0n) is 13.4. The summed E-state index contributed by atoms with van der Waals surface area (Å²) in [5.74, 6) is -2.08. The minimum absolute atomic E-state index is 0.0888. The summed E-state index contributed by atoms with van der Waals surface area (Å²) < 4.78 is 78.1. The number of amides is 1. The van der Waals surface area contributed by atoms with Crippen LogP contribution < -0.4 is 10.0 Å². The van der Waals surface area contributed by atoms with Crippen molar-refractivity contribution in [1.82, 2.24) is 4.72 Å². The minimum atomic E-state index is -4.61. The molecule has 10 heteroatoms. The van der Waals surface area contributed by atoms with Crippen LogP contribution in [0.3, 0.4) is 0 Å². The molecule has 0 saturated heterocycles. The lowest BCUT2D eigenvalue weighted by molar-refractivity contribution is -0.137. The van der Waals surface area contributed by atoms with E-state index in [4.69, 9.17) is 0 Å². The van der Waals surface area contributed by atoms with E-state index >= 15 is 0 Å². The number of anilines is 1. The predicted octanol–water partition coefficient (Wildman–Crippen LogP) is 3.40. The summed E-state index contributed by atoms with van der Waals surface area (Å²) in [4.78, 5) is 11.8. The van der Waals surface area contributed by atoms with E-state index in [-0.39, 0.29) is 17.1 Å². The number of hydrogen-bond acceptors (Lipinski definition) is 3. The van der Waals surface area contributed by atoms with E-state index in [1.807, 2.05) is 0 Å². The van der Waals surface area contributed by atoms with Gasteiger partial charge in [0.05, 0.1) is 16.0 Å². The molecule has 2 aromatic rings. The first-order valence-corrected chi connectivity index (χ1v) is 8.80. The normalized spacial score (nSPS) is 12.0. The number of rotatable bonds is 5. The Labute approximate surface area is 147 Å². The highest BCUT2D eigenvalue weighted by Crippen LogP contribution is 2.30. The molecule has 0 aliphatic carbocycles.